The summed E-state index contributed by atoms with van der Waals surface area (Å²) in [5, 5.41) is 0.427. The second-order valence-electron chi connectivity index (χ2n) is 2.97. The second kappa shape index (κ2) is 5.18. The van der Waals surface area contributed by atoms with Gasteiger partial charge >= 0.3 is 6.03 Å². The molecular formula is C9H10BrClN4O. The van der Waals surface area contributed by atoms with Crippen molar-refractivity contribution in [2.45, 2.75) is 0 Å². The SMILES string of the molecule is CN(C(=O)N=C(N)N)c1ccc(Br)cc1Cl. The maximum absolute atomic E-state index is 11.5. The number of carbonyl (C=O) groups is 1. The van der Waals surface area contributed by atoms with Crippen molar-refractivity contribution in [1.82, 2.24) is 0 Å². The Labute approximate surface area is 106 Å². The van der Waals surface area contributed by atoms with Crippen molar-refractivity contribution >= 4 is 45.2 Å². The zero-order valence-electron chi connectivity index (χ0n) is 8.45. The van der Waals surface area contributed by atoms with E-state index in [-0.39, 0.29) is 5.96 Å². The van der Waals surface area contributed by atoms with Gasteiger partial charge < -0.3 is 11.5 Å². The average Bonchev–Trinajstić information content (AvgIpc) is 2.15. The standard InChI is InChI=1S/C9H10BrClN4O/c1-15(9(16)14-8(12)13)7-3-2-5(10)4-6(7)11/h2-4H,1H3,(H4,12,13,14,16). The first-order chi connectivity index (χ1) is 7.41. The lowest BCUT2D eigenvalue weighted by Crippen LogP contribution is -2.30. The lowest BCUT2D eigenvalue weighted by atomic mass is 10.3. The van der Waals surface area contributed by atoms with Crippen LogP contribution in [-0.4, -0.2) is 19.0 Å². The molecule has 16 heavy (non-hydrogen) atoms. The van der Waals surface area contributed by atoms with Gasteiger partial charge in [-0.3, -0.25) is 4.90 Å². The number of hydrogen-bond acceptors (Lipinski definition) is 1. The highest BCUT2D eigenvalue weighted by Crippen LogP contribution is 2.28. The van der Waals surface area contributed by atoms with Gasteiger partial charge in [-0.05, 0) is 18.2 Å². The van der Waals surface area contributed by atoms with Gasteiger partial charge in [-0.25, -0.2) is 4.79 Å². The van der Waals surface area contributed by atoms with E-state index in [0.717, 1.165) is 4.47 Å². The lowest BCUT2D eigenvalue weighted by molar-refractivity contribution is 0.255. The van der Waals surface area contributed by atoms with Gasteiger partial charge in [0.1, 0.15) is 0 Å². The van der Waals surface area contributed by atoms with Gasteiger partial charge in [-0.2, -0.15) is 4.99 Å². The van der Waals surface area contributed by atoms with Crippen LogP contribution < -0.4 is 16.4 Å². The summed E-state index contributed by atoms with van der Waals surface area (Å²) in [5.74, 6) is -0.287. The first kappa shape index (κ1) is 12.8. The molecule has 5 nitrogen and oxygen atoms in total. The fourth-order valence-corrected chi connectivity index (χ4v) is 1.84. The Bertz CT molecular complexity index is 445. The molecular weight excluding hydrogens is 295 g/mol. The molecule has 1 aromatic carbocycles. The normalized spacial score (nSPS) is 9.69. The fourth-order valence-electron chi connectivity index (χ4n) is 1.04. The van der Waals surface area contributed by atoms with Crippen LogP contribution in [0.5, 0.6) is 0 Å². The molecule has 0 aliphatic carbocycles. The molecule has 1 aromatic rings. The number of urea groups is 1. The summed E-state index contributed by atoms with van der Waals surface area (Å²) in [6.45, 7) is 0. The lowest BCUT2D eigenvalue weighted by Gasteiger charge is -2.16. The third-order valence-corrected chi connectivity index (χ3v) is 2.58. The van der Waals surface area contributed by atoms with Crippen molar-refractivity contribution in [2.24, 2.45) is 16.5 Å². The van der Waals surface area contributed by atoms with E-state index in [0.29, 0.717) is 10.7 Å². The summed E-state index contributed by atoms with van der Waals surface area (Å²) in [7, 11) is 1.53. The van der Waals surface area contributed by atoms with Crippen LogP contribution in [0.3, 0.4) is 0 Å². The molecule has 0 bridgehead atoms. The minimum Gasteiger partial charge on any atom is -0.370 e. The minimum atomic E-state index is -0.579. The fraction of sp³-hybridized carbons (Fsp3) is 0.111. The number of nitrogens with two attached hydrogens (primary N) is 2. The number of hydrogen-bond donors (Lipinski definition) is 2. The number of aliphatic imine (C=N–C) groups is 1. The molecule has 7 heteroatoms. The van der Waals surface area contributed by atoms with Crippen molar-refractivity contribution in [3.05, 3.63) is 27.7 Å². The van der Waals surface area contributed by atoms with Gasteiger partial charge in [-0.15, -0.1) is 0 Å². The quantitative estimate of drug-likeness (QED) is 0.614. The average molecular weight is 306 g/mol. The van der Waals surface area contributed by atoms with Gasteiger partial charge in [0.05, 0.1) is 10.7 Å². The molecule has 0 saturated heterocycles. The third kappa shape index (κ3) is 3.11. The predicted molar refractivity (Wildman–Crippen MR) is 68.8 cm³/mol. The molecule has 0 aromatic heterocycles. The van der Waals surface area contributed by atoms with E-state index in [1.54, 1.807) is 18.2 Å². The Morgan fingerprint density at radius 1 is 1.50 bits per heavy atom. The number of amides is 2. The van der Waals surface area contributed by atoms with Gasteiger partial charge in [0, 0.05) is 11.5 Å². The summed E-state index contributed by atoms with van der Waals surface area (Å²) in [4.78, 5) is 16.2. The molecule has 0 fully saturated rings. The number of anilines is 1. The maximum Gasteiger partial charge on any atom is 0.351 e. The predicted octanol–water partition coefficient (Wildman–Crippen LogP) is 1.93. The van der Waals surface area contributed by atoms with E-state index in [1.807, 2.05) is 0 Å². The van der Waals surface area contributed by atoms with Crippen LogP contribution in [0.1, 0.15) is 0 Å². The third-order valence-electron chi connectivity index (χ3n) is 1.78. The Morgan fingerprint density at radius 2 is 2.12 bits per heavy atom. The molecule has 86 valence electrons. The van der Waals surface area contributed by atoms with Crippen molar-refractivity contribution in [1.29, 1.82) is 0 Å². The van der Waals surface area contributed by atoms with Gasteiger partial charge in [-0.1, -0.05) is 27.5 Å². The topological polar surface area (TPSA) is 84.7 Å². The van der Waals surface area contributed by atoms with Gasteiger partial charge in [0.25, 0.3) is 0 Å². The van der Waals surface area contributed by atoms with Crippen molar-refractivity contribution in [2.75, 3.05) is 11.9 Å². The van der Waals surface area contributed by atoms with E-state index in [2.05, 4.69) is 20.9 Å². The van der Waals surface area contributed by atoms with Crippen LogP contribution in [0.25, 0.3) is 0 Å². The summed E-state index contributed by atoms with van der Waals surface area (Å²) in [5.41, 5.74) is 10.7. The highest BCUT2D eigenvalue weighted by atomic mass is 79.9. The monoisotopic (exact) mass is 304 g/mol. The first-order valence-electron chi connectivity index (χ1n) is 4.24. The van der Waals surface area contributed by atoms with Gasteiger partial charge in [0.2, 0.25) is 0 Å². The molecule has 4 N–H and O–H groups in total. The zero-order valence-corrected chi connectivity index (χ0v) is 10.8. The number of guanidine groups is 1. The smallest absolute Gasteiger partial charge is 0.351 e. The Balaban J connectivity index is 3.01. The number of rotatable bonds is 1. The summed E-state index contributed by atoms with van der Waals surface area (Å²) >= 11 is 9.24. The molecule has 0 atom stereocenters. The van der Waals surface area contributed by atoms with Crippen molar-refractivity contribution < 1.29 is 4.79 Å². The van der Waals surface area contributed by atoms with Gasteiger partial charge in [0.15, 0.2) is 5.96 Å². The molecule has 0 saturated carbocycles. The highest BCUT2D eigenvalue weighted by molar-refractivity contribution is 9.10. The van der Waals surface area contributed by atoms with Crippen LogP contribution in [0, 0.1) is 0 Å². The van der Waals surface area contributed by atoms with E-state index in [9.17, 15) is 4.79 Å². The molecule has 0 spiro atoms. The van der Waals surface area contributed by atoms with Crippen LogP contribution in [0.4, 0.5) is 10.5 Å². The first-order valence-corrected chi connectivity index (χ1v) is 5.41. The molecule has 0 aliphatic heterocycles. The van der Waals surface area contributed by atoms with E-state index in [1.165, 1.54) is 11.9 Å². The van der Waals surface area contributed by atoms with E-state index in [4.69, 9.17) is 23.1 Å². The Morgan fingerprint density at radius 3 is 2.62 bits per heavy atom. The Hall–Kier alpha value is -1.27. The molecule has 0 aliphatic rings. The molecule has 0 unspecified atom stereocenters. The maximum atomic E-state index is 11.5. The summed E-state index contributed by atoms with van der Waals surface area (Å²) in [6.07, 6.45) is 0. The van der Waals surface area contributed by atoms with Crippen LogP contribution in [-0.2, 0) is 0 Å². The second-order valence-corrected chi connectivity index (χ2v) is 4.30. The number of carbonyl (C=O) groups excluding carboxylic acids is 1. The number of benzene rings is 1. The van der Waals surface area contributed by atoms with Crippen LogP contribution in [0.15, 0.2) is 27.7 Å². The number of nitrogens with zero attached hydrogens (tertiary/aromatic N) is 2. The summed E-state index contributed by atoms with van der Waals surface area (Å²) in [6, 6.07) is 4.55. The highest BCUT2D eigenvalue weighted by Gasteiger charge is 2.13. The number of halogens is 2. The van der Waals surface area contributed by atoms with Crippen molar-refractivity contribution in [3.8, 4) is 0 Å². The van der Waals surface area contributed by atoms with Crippen molar-refractivity contribution in [3.63, 3.8) is 0 Å². The molecule has 1 rings (SSSR count). The Kier molecular flexibility index (Phi) is 4.14. The largest absolute Gasteiger partial charge is 0.370 e. The summed E-state index contributed by atoms with van der Waals surface area (Å²) < 4.78 is 0.823. The van der Waals surface area contributed by atoms with E-state index < -0.39 is 6.03 Å². The molecule has 2 amide bonds. The molecule has 0 radical (unpaired) electrons. The van der Waals surface area contributed by atoms with Crippen LogP contribution in [0.2, 0.25) is 5.02 Å². The molecule has 0 heterocycles. The van der Waals surface area contributed by atoms with E-state index >= 15 is 0 Å². The zero-order chi connectivity index (χ0) is 12.3. The van der Waals surface area contributed by atoms with Crippen LogP contribution >= 0.6 is 27.5 Å². The minimum absolute atomic E-state index is 0.287.